The van der Waals surface area contributed by atoms with Crippen LogP contribution in [0.4, 0.5) is 5.13 Å². The average molecular weight is 368 g/mol. The van der Waals surface area contributed by atoms with Crippen LogP contribution in [0.25, 0.3) is 10.2 Å². The van der Waals surface area contributed by atoms with Gasteiger partial charge in [-0.2, -0.15) is 0 Å². The summed E-state index contributed by atoms with van der Waals surface area (Å²) in [5, 5.41) is 4.34. The summed E-state index contributed by atoms with van der Waals surface area (Å²) in [5.74, 6) is -0.147. The number of aryl methyl sites for hydroxylation is 2. The number of hydrogen-bond donors (Lipinski definition) is 1. The molecule has 1 amide bonds. The fourth-order valence-electron chi connectivity index (χ4n) is 1.85. The van der Waals surface area contributed by atoms with Crippen molar-refractivity contribution in [3.8, 4) is 0 Å². The predicted molar refractivity (Wildman–Crippen MR) is 86.9 cm³/mol. The Morgan fingerprint density at radius 2 is 2.05 bits per heavy atom. The largest absolute Gasteiger partial charge is 0.297 e. The fourth-order valence-corrected chi connectivity index (χ4v) is 4.08. The van der Waals surface area contributed by atoms with Crippen LogP contribution < -0.4 is 5.32 Å². The normalized spacial score (nSPS) is 10.9. The maximum atomic E-state index is 12.2. The van der Waals surface area contributed by atoms with Crippen LogP contribution in [0.5, 0.6) is 0 Å². The molecule has 7 heteroatoms. The minimum Gasteiger partial charge on any atom is -0.297 e. The Kier molecular flexibility index (Phi) is 3.57. The molecular weight excluding hydrogens is 358 g/mol. The predicted octanol–water partition coefficient (Wildman–Crippen LogP) is 4.38. The van der Waals surface area contributed by atoms with E-state index in [-0.39, 0.29) is 5.91 Å². The van der Waals surface area contributed by atoms with E-state index in [1.807, 2.05) is 32.0 Å². The molecule has 0 spiro atoms. The summed E-state index contributed by atoms with van der Waals surface area (Å²) in [4.78, 5) is 21.5. The zero-order valence-electron chi connectivity index (χ0n) is 10.7. The lowest BCUT2D eigenvalue weighted by molar-refractivity contribution is 0.103. The van der Waals surface area contributed by atoms with Gasteiger partial charge >= 0.3 is 0 Å². The lowest BCUT2D eigenvalue weighted by Gasteiger charge is -1.98. The molecule has 0 saturated heterocycles. The van der Waals surface area contributed by atoms with E-state index in [1.165, 1.54) is 22.7 Å². The van der Waals surface area contributed by atoms with Gasteiger partial charge in [0.2, 0.25) is 0 Å². The molecule has 3 aromatic rings. The summed E-state index contributed by atoms with van der Waals surface area (Å²) < 4.78 is 2.03. The van der Waals surface area contributed by atoms with E-state index in [2.05, 4.69) is 31.2 Å². The minimum absolute atomic E-state index is 0.147. The molecule has 4 nitrogen and oxygen atoms in total. The molecular formula is C13H10BrN3OS2. The minimum atomic E-state index is -0.147. The molecule has 102 valence electrons. The third-order valence-corrected chi connectivity index (χ3v) is 5.18. The van der Waals surface area contributed by atoms with Gasteiger partial charge in [0, 0.05) is 4.47 Å². The number of anilines is 1. The summed E-state index contributed by atoms with van der Waals surface area (Å²) >= 11 is 6.28. The highest BCUT2D eigenvalue weighted by molar-refractivity contribution is 9.10. The molecule has 1 aromatic carbocycles. The molecule has 2 aromatic heterocycles. The Morgan fingerprint density at radius 1 is 1.25 bits per heavy atom. The van der Waals surface area contributed by atoms with Gasteiger partial charge < -0.3 is 0 Å². The van der Waals surface area contributed by atoms with Crippen molar-refractivity contribution in [2.75, 3.05) is 5.32 Å². The number of hydrogen-bond acceptors (Lipinski definition) is 5. The van der Waals surface area contributed by atoms with Gasteiger partial charge in [0.15, 0.2) is 5.13 Å². The molecule has 3 rings (SSSR count). The van der Waals surface area contributed by atoms with Crippen LogP contribution in [0.3, 0.4) is 0 Å². The number of carbonyl (C=O) groups is 1. The van der Waals surface area contributed by atoms with Crippen molar-refractivity contribution in [2.24, 2.45) is 0 Å². The number of rotatable bonds is 2. The van der Waals surface area contributed by atoms with Crippen molar-refractivity contribution in [1.29, 1.82) is 0 Å². The smallest absolute Gasteiger partial charge is 0.269 e. The summed E-state index contributed by atoms with van der Waals surface area (Å²) in [6.45, 7) is 3.73. The van der Waals surface area contributed by atoms with Crippen molar-refractivity contribution >= 4 is 59.9 Å². The van der Waals surface area contributed by atoms with Crippen LogP contribution in [0, 0.1) is 13.8 Å². The number of carbonyl (C=O) groups excluding carboxylic acids is 1. The molecule has 0 bridgehead atoms. The zero-order valence-corrected chi connectivity index (χ0v) is 13.9. The molecule has 0 saturated carbocycles. The molecule has 1 N–H and O–H groups in total. The van der Waals surface area contributed by atoms with E-state index in [1.54, 1.807) is 0 Å². The number of nitrogens with zero attached hydrogens (tertiary/aromatic N) is 2. The first-order valence-electron chi connectivity index (χ1n) is 5.84. The molecule has 0 unspecified atom stereocenters. The number of fused-ring (bicyclic) bond motifs is 1. The van der Waals surface area contributed by atoms with Gasteiger partial charge in [-0.25, -0.2) is 9.97 Å². The van der Waals surface area contributed by atoms with Crippen LogP contribution in [-0.4, -0.2) is 15.9 Å². The van der Waals surface area contributed by atoms with Gasteiger partial charge in [0.1, 0.15) is 4.88 Å². The highest BCUT2D eigenvalue weighted by atomic mass is 79.9. The van der Waals surface area contributed by atoms with Gasteiger partial charge in [0.25, 0.3) is 5.91 Å². The maximum Gasteiger partial charge on any atom is 0.269 e. The number of aromatic nitrogens is 2. The Labute approximate surface area is 132 Å². The molecule has 0 atom stereocenters. The number of amides is 1. The Morgan fingerprint density at radius 3 is 2.75 bits per heavy atom. The van der Waals surface area contributed by atoms with Gasteiger partial charge in [-0.05, 0) is 32.0 Å². The fraction of sp³-hybridized carbons (Fsp3) is 0.154. The molecule has 2 heterocycles. The first-order chi connectivity index (χ1) is 9.52. The summed E-state index contributed by atoms with van der Waals surface area (Å²) in [6.07, 6.45) is 0. The zero-order chi connectivity index (χ0) is 14.3. The first kappa shape index (κ1) is 13.7. The number of halogens is 1. The van der Waals surface area contributed by atoms with Gasteiger partial charge in [-0.15, -0.1) is 11.3 Å². The number of nitrogens with one attached hydrogen (secondary N) is 1. The van der Waals surface area contributed by atoms with Crippen LogP contribution >= 0.6 is 38.6 Å². The molecule has 0 fully saturated rings. The topological polar surface area (TPSA) is 54.9 Å². The standard InChI is InChI=1S/C13H10BrN3OS2/c1-6-11(19-7(2)15-6)12(18)17-13-16-9-4-3-8(14)5-10(9)20-13/h3-5H,1-2H3,(H,16,17,18). The summed E-state index contributed by atoms with van der Waals surface area (Å²) in [6, 6.07) is 5.85. The third kappa shape index (κ3) is 2.61. The van der Waals surface area contributed by atoms with Crippen molar-refractivity contribution in [3.05, 3.63) is 38.3 Å². The number of benzene rings is 1. The third-order valence-electron chi connectivity index (χ3n) is 2.68. The van der Waals surface area contributed by atoms with E-state index in [4.69, 9.17) is 0 Å². The molecule has 20 heavy (non-hydrogen) atoms. The summed E-state index contributed by atoms with van der Waals surface area (Å²) in [7, 11) is 0. The maximum absolute atomic E-state index is 12.2. The summed E-state index contributed by atoms with van der Waals surface area (Å²) in [5.41, 5.74) is 1.64. The lowest BCUT2D eigenvalue weighted by atomic mass is 10.3. The van der Waals surface area contributed by atoms with E-state index < -0.39 is 0 Å². The average Bonchev–Trinajstić information content (AvgIpc) is 2.91. The second-order valence-electron chi connectivity index (χ2n) is 4.23. The van der Waals surface area contributed by atoms with E-state index in [0.29, 0.717) is 10.0 Å². The number of thiazole rings is 2. The SMILES string of the molecule is Cc1nc(C)c(C(=O)Nc2nc3ccc(Br)cc3s2)s1. The molecule has 0 aliphatic rings. The van der Waals surface area contributed by atoms with Crippen LogP contribution in [-0.2, 0) is 0 Å². The quantitative estimate of drug-likeness (QED) is 0.730. The molecule has 0 radical (unpaired) electrons. The molecule has 0 aliphatic heterocycles. The van der Waals surface area contributed by atoms with E-state index >= 15 is 0 Å². The van der Waals surface area contributed by atoms with Gasteiger partial charge in [-0.3, -0.25) is 10.1 Å². The van der Waals surface area contributed by atoms with Crippen LogP contribution in [0.15, 0.2) is 22.7 Å². The van der Waals surface area contributed by atoms with Crippen molar-refractivity contribution < 1.29 is 4.79 Å². The lowest BCUT2D eigenvalue weighted by Crippen LogP contribution is -2.11. The van der Waals surface area contributed by atoms with Crippen LogP contribution in [0.2, 0.25) is 0 Å². The van der Waals surface area contributed by atoms with Crippen molar-refractivity contribution in [2.45, 2.75) is 13.8 Å². The highest BCUT2D eigenvalue weighted by Crippen LogP contribution is 2.29. The highest BCUT2D eigenvalue weighted by Gasteiger charge is 2.15. The van der Waals surface area contributed by atoms with Gasteiger partial charge in [-0.1, -0.05) is 27.3 Å². The van der Waals surface area contributed by atoms with Crippen molar-refractivity contribution in [1.82, 2.24) is 9.97 Å². The monoisotopic (exact) mass is 367 g/mol. The second-order valence-corrected chi connectivity index (χ2v) is 7.38. The van der Waals surface area contributed by atoms with E-state index in [0.717, 1.165) is 25.4 Å². The van der Waals surface area contributed by atoms with E-state index in [9.17, 15) is 4.79 Å². The Bertz CT molecular complexity index is 809. The molecule has 0 aliphatic carbocycles. The van der Waals surface area contributed by atoms with Crippen molar-refractivity contribution in [3.63, 3.8) is 0 Å². The Balaban J connectivity index is 1.89. The Hall–Kier alpha value is -1.31. The second kappa shape index (κ2) is 5.23. The van der Waals surface area contributed by atoms with Crippen LogP contribution in [0.1, 0.15) is 20.4 Å². The first-order valence-corrected chi connectivity index (χ1v) is 8.27. The van der Waals surface area contributed by atoms with Gasteiger partial charge in [0.05, 0.1) is 20.9 Å².